The highest BCUT2D eigenvalue weighted by molar-refractivity contribution is 6.30. The highest BCUT2D eigenvalue weighted by Crippen LogP contribution is 2.31. The first kappa shape index (κ1) is 14.3. The average molecular weight is 297 g/mol. The minimum absolute atomic E-state index is 0.333. The van der Waals surface area contributed by atoms with E-state index in [0.29, 0.717) is 22.8 Å². The normalized spacial score (nSPS) is 21.4. The lowest BCUT2D eigenvalue weighted by Crippen LogP contribution is -2.67. The standard InChI is InChI=1S/C13H13ClN2O4/c14-8-3-1-2-7(6-8)4-5-9-10(12(18)19)16(11(9)17)13(15)20/h1-3,6,9-10H,4-5H2,(H2,15,20)(H,18,19)/t9-,10?/m1/s1. The van der Waals surface area contributed by atoms with E-state index in [0.717, 1.165) is 5.56 Å². The first-order valence-electron chi connectivity index (χ1n) is 6.01. The number of carboxylic acid groups (broad SMARTS) is 1. The molecule has 1 aromatic carbocycles. The number of nitrogens with zero attached hydrogens (tertiary/aromatic N) is 1. The third kappa shape index (κ3) is 2.60. The van der Waals surface area contributed by atoms with Gasteiger partial charge in [-0.3, -0.25) is 4.79 Å². The van der Waals surface area contributed by atoms with Gasteiger partial charge in [0.25, 0.3) is 0 Å². The van der Waals surface area contributed by atoms with E-state index in [1.54, 1.807) is 18.2 Å². The van der Waals surface area contributed by atoms with E-state index >= 15 is 0 Å². The number of rotatable bonds is 4. The molecule has 0 bridgehead atoms. The molecule has 0 saturated carbocycles. The van der Waals surface area contributed by atoms with E-state index in [1.807, 2.05) is 6.07 Å². The van der Waals surface area contributed by atoms with Crippen LogP contribution in [0.25, 0.3) is 0 Å². The van der Waals surface area contributed by atoms with E-state index in [4.69, 9.17) is 22.4 Å². The number of halogens is 1. The number of primary amides is 1. The zero-order chi connectivity index (χ0) is 14.9. The van der Waals surface area contributed by atoms with Crippen molar-refractivity contribution >= 4 is 29.5 Å². The topological polar surface area (TPSA) is 101 Å². The monoisotopic (exact) mass is 296 g/mol. The number of carboxylic acids is 1. The summed E-state index contributed by atoms with van der Waals surface area (Å²) in [6, 6.07) is 4.92. The number of aryl methyl sites for hydroxylation is 1. The molecular formula is C13H13ClN2O4. The SMILES string of the molecule is NC(=O)N1C(=O)[C@H](CCc2cccc(Cl)c2)C1C(=O)O. The molecule has 1 fully saturated rings. The van der Waals surface area contributed by atoms with Crippen LogP contribution in [0.5, 0.6) is 0 Å². The molecular weight excluding hydrogens is 284 g/mol. The summed E-state index contributed by atoms with van der Waals surface area (Å²) in [5.74, 6) is -2.48. The van der Waals surface area contributed by atoms with Crippen LogP contribution < -0.4 is 5.73 Å². The summed E-state index contributed by atoms with van der Waals surface area (Å²) in [7, 11) is 0. The van der Waals surface area contributed by atoms with Gasteiger partial charge < -0.3 is 10.8 Å². The summed E-state index contributed by atoms with van der Waals surface area (Å²) in [5.41, 5.74) is 5.90. The van der Waals surface area contributed by atoms with Gasteiger partial charge in [-0.2, -0.15) is 0 Å². The van der Waals surface area contributed by atoms with Gasteiger partial charge in [-0.05, 0) is 30.5 Å². The molecule has 0 aliphatic carbocycles. The van der Waals surface area contributed by atoms with Crippen molar-refractivity contribution in [3.8, 4) is 0 Å². The van der Waals surface area contributed by atoms with Crippen LogP contribution in [-0.2, 0) is 16.0 Å². The number of urea groups is 1. The van der Waals surface area contributed by atoms with Crippen molar-refractivity contribution in [3.63, 3.8) is 0 Å². The van der Waals surface area contributed by atoms with Crippen LogP contribution in [0.1, 0.15) is 12.0 Å². The zero-order valence-electron chi connectivity index (χ0n) is 10.5. The van der Waals surface area contributed by atoms with Crippen LogP contribution in [0, 0.1) is 5.92 Å². The van der Waals surface area contributed by atoms with E-state index < -0.39 is 29.9 Å². The van der Waals surface area contributed by atoms with Crippen molar-refractivity contribution in [2.24, 2.45) is 11.7 Å². The number of imide groups is 1. The number of aliphatic carboxylic acids is 1. The largest absolute Gasteiger partial charge is 0.480 e. The summed E-state index contributed by atoms with van der Waals surface area (Å²) >= 11 is 5.85. The molecule has 106 valence electrons. The summed E-state index contributed by atoms with van der Waals surface area (Å²) in [6.07, 6.45) is 0.841. The lowest BCUT2D eigenvalue weighted by molar-refractivity contribution is -0.165. The van der Waals surface area contributed by atoms with Crippen molar-refractivity contribution in [2.75, 3.05) is 0 Å². The Hall–Kier alpha value is -2.08. The molecule has 1 aromatic rings. The number of β-lactam (4-membered cyclic amide) rings is 1. The number of amides is 3. The highest BCUT2D eigenvalue weighted by atomic mass is 35.5. The molecule has 0 aromatic heterocycles. The van der Waals surface area contributed by atoms with Crippen molar-refractivity contribution in [2.45, 2.75) is 18.9 Å². The minimum atomic E-state index is -1.22. The van der Waals surface area contributed by atoms with Gasteiger partial charge in [0.05, 0.1) is 5.92 Å². The molecule has 2 atom stereocenters. The average Bonchev–Trinajstić information content (AvgIpc) is 2.35. The number of carbonyl (C=O) groups excluding carboxylic acids is 2. The predicted octanol–water partition coefficient (Wildman–Crippen LogP) is 1.26. The summed E-state index contributed by atoms with van der Waals surface area (Å²) in [5, 5.41) is 9.64. The van der Waals surface area contributed by atoms with Crippen LogP contribution in [-0.4, -0.2) is 34.0 Å². The van der Waals surface area contributed by atoms with E-state index in [-0.39, 0.29) is 0 Å². The quantitative estimate of drug-likeness (QED) is 0.817. The molecule has 6 nitrogen and oxygen atoms in total. The summed E-state index contributed by atoms with van der Waals surface area (Å²) < 4.78 is 0. The van der Waals surface area contributed by atoms with Crippen molar-refractivity contribution in [1.29, 1.82) is 0 Å². The lowest BCUT2D eigenvalue weighted by Gasteiger charge is -2.41. The third-order valence-corrected chi connectivity index (χ3v) is 3.57. The first-order valence-corrected chi connectivity index (χ1v) is 6.39. The Morgan fingerprint density at radius 3 is 2.65 bits per heavy atom. The molecule has 1 aliphatic rings. The van der Waals surface area contributed by atoms with Gasteiger partial charge in [0.15, 0.2) is 6.04 Å². The van der Waals surface area contributed by atoms with Crippen molar-refractivity contribution in [3.05, 3.63) is 34.9 Å². The Labute approximate surface area is 120 Å². The molecule has 20 heavy (non-hydrogen) atoms. The second-order valence-electron chi connectivity index (χ2n) is 4.60. The predicted molar refractivity (Wildman–Crippen MR) is 71.1 cm³/mol. The summed E-state index contributed by atoms with van der Waals surface area (Å²) in [4.78, 5) is 34.4. The lowest BCUT2D eigenvalue weighted by atomic mass is 9.83. The van der Waals surface area contributed by atoms with Crippen LogP contribution >= 0.6 is 11.6 Å². The molecule has 1 unspecified atom stereocenters. The van der Waals surface area contributed by atoms with Crippen molar-refractivity contribution < 1.29 is 19.5 Å². The number of nitrogens with two attached hydrogens (primary N) is 1. The van der Waals surface area contributed by atoms with E-state index in [9.17, 15) is 14.4 Å². The molecule has 1 heterocycles. The fourth-order valence-electron chi connectivity index (χ4n) is 2.37. The maximum Gasteiger partial charge on any atom is 0.327 e. The number of benzene rings is 1. The summed E-state index contributed by atoms with van der Waals surface area (Å²) in [6.45, 7) is 0. The fraction of sp³-hybridized carbons (Fsp3) is 0.308. The molecule has 0 spiro atoms. The van der Waals surface area contributed by atoms with Crippen LogP contribution in [0.2, 0.25) is 5.02 Å². The number of likely N-dealkylation sites (tertiary alicyclic amines) is 1. The highest BCUT2D eigenvalue weighted by Gasteiger charge is 2.53. The Balaban J connectivity index is 2.04. The third-order valence-electron chi connectivity index (χ3n) is 3.34. The molecule has 0 radical (unpaired) electrons. The van der Waals surface area contributed by atoms with Crippen LogP contribution in [0.4, 0.5) is 4.79 Å². The molecule has 3 amide bonds. The Bertz CT molecular complexity index is 575. The number of carbonyl (C=O) groups is 3. The Morgan fingerprint density at radius 2 is 2.10 bits per heavy atom. The van der Waals surface area contributed by atoms with Crippen LogP contribution in [0.15, 0.2) is 24.3 Å². The van der Waals surface area contributed by atoms with E-state index in [1.165, 1.54) is 0 Å². The number of hydrogen-bond donors (Lipinski definition) is 2. The molecule has 1 saturated heterocycles. The fourth-order valence-corrected chi connectivity index (χ4v) is 2.59. The second-order valence-corrected chi connectivity index (χ2v) is 5.04. The van der Waals surface area contributed by atoms with Gasteiger partial charge in [-0.1, -0.05) is 23.7 Å². The van der Waals surface area contributed by atoms with E-state index in [2.05, 4.69) is 0 Å². The molecule has 3 N–H and O–H groups in total. The second kappa shape index (κ2) is 5.50. The van der Waals surface area contributed by atoms with Gasteiger partial charge in [-0.25, -0.2) is 14.5 Å². The van der Waals surface area contributed by atoms with Crippen molar-refractivity contribution in [1.82, 2.24) is 4.90 Å². The van der Waals surface area contributed by atoms with Gasteiger partial charge in [0, 0.05) is 5.02 Å². The Kier molecular flexibility index (Phi) is 3.94. The minimum Gasteiger partial charge on any atom is -0.480 e. The van der Waals surface area contributed by atoms with Gasteiger partial charge in [0.2, 0.25) is 5.91 Å². The molecule has 1 aliphatic heterocycles. The first-order chi connectivity index (χ1) is 9.41. The molecule has 7 heteroatoms. The smallest absolute Gasteiger partial charge is 0.327 e. The van der Waals surface area contributed by atoms with Crippen LogP contribution in [0.3, 0.4) is 0 Å². The van der Waals surface area contributed by atoms with Gasteiger partial charge in [0.1, 0.15) is 0 Å². The maximum atomic E-state index is 11.7. The molecule has 2 rings (SSSR count). The van der Waals surface area contributed by atoms with Gasteiger partial charge in [-0.15, -0.1) is 0 Å². The zero-order valence-corrected chi connectivity index (χ0v) is 11.2. The number of hydrogen-bond acceptors (Lipinski definition) is 3. The van der Waals surface area contributed by atoms with Gasteiger partial charge >= 0.3 is 12.0 Å². The maximum absolute atomic E-state index is 11.7. The Morgan fingerprint density at radius 1 is 1.40 bits per heavy atom.